The van der Waals surface area contributed by atoms with E-state index in [4.69, 9.17) is 0 Å². The van der Waals surface area contributed by atoms with Crippen molar-refractivity contribution in [3.8, 4) is 0 Å². The number of nitrogens with zero attached hydrogens (tertiary/aromatic N) is 2. The lowest BCUT2D eigenvalue weighted by molar-refractivity contribution is 0.0379. The second kappa shape index (κ2) is 6.54. The van der Waals surface area contributed by atoms with Gasteiger partial charge in [0.1, 0.15) is 5.82 Å². The summed E-state index contributed by atoms with van der Waals surface area (Å²) >= 11 is 0. The highest BCUT2D eigenvalue weighted by Gasteiger charge is 2.29. The standard InChI is InChI=1S/C16H23FN2O2/c1-11-5-4-6-14(15(11)17)16(21)19-8-7-18(9-12(19)2)10-13(3)20/h4-6,12-13,20H,7-10H2,1-3H3/t12-,13+/m0/s1. The molecule has 0 radical (unpaired) electrons. The van der Waals surface area contributed by atoms with Gasteiger partial charge in [0.2, 0.25) is 0 Å². The third-order valence-corrected chi connectivity index (χ3v) is 3.92. The summed E-state index contributed by atoms with van der Waals surface area (Å²) in [5, 5.41) is 9.44. The summed E-state index contributed by atoms with van der Waals surface area (Å²) in [5.74, 6) is -0.679. The zero-order valence-corrected chi connectivity index (χ0v) is 12.8. The van der Waals surface area contributed by atoms with Crippen molar-refractivity contribution < 1.29 is 14.3 Å². The molecule has 0 aliphatic carbocycles. The zero-order valence-electron chi connectivity index (χ0n) is 12.8. The lowest BCUT2D eigenvalue weighted by Gasteiger charge is -2.40. The van der Waals surface area contributed by atoms with Gasteiger partial charge in [-0.2, -0.15) is 0 Å². The molecule has 5 heteroatoms. The Balaban J connectivity index is 2.09. The minimum absolute atomic E-state index is 0.00455. The van der Waals surface area contributed by atoms with Crippen LogP contribution in [-0.4, -0.2) is 59.1 Å². The lowest BCUT2D eigenvalue weighted by Crippen LogP contribution is -2.55. The SMILES string of the molecule is Cc1cccc(C(=O)N2CCN(C[C@@H](C)O)C[C@@H]2C)c1F. The molecule has 0 aromatic heterocycles. The van der Waals surface area contributed by atoms with Crippen LogP contribution in [-0.2, 0) is 0 Å². The molecule has 0 bridgehead atoms. The minimum atomic E-state index is -0.430. The van der Waals surface area contributed by atoms with Crippen molar-refractivity contribution in [2.24, 2.45) is 0 Å². The molecule has 1 aromatic carbocycles. The maximum absolute atomic E-state index is 14.1. The van der Waals surface area contributed by atoms with Crippen molar-refractivity contribution >= 4 is 5.91 Å². The summed E-state index contributed by atoms with van der Waals surface area (Å²) in [6.07, 6.45) is -0.381. The van der Waals surface area contributed by atoms with Crippen LogP contribution in [0.3, 0.4) is 0 Å². The van der Waals surface area contributed by atoms with Crippen LogP contribution >= 0.6 is 0 Å². The number of aliphatic hydroxyl groups is 1. The molecule has 1 heterocycles. The van der Waals surface area contributed by atoms with Crippen LogP contribution in [0, 0.1) is 12.7 Å². The number of rotatable bonds is 3. The number of carbonyl (C=O) groups is 1. The number of halogens is 1. The van der Waals surface area contributed by atoms with Gasteiger partial charge in [0.15, 0.2) is 0 Å². The van der Waals surface area contributed by atoms with E-state index in [-0.39, 0.29) is 23.6 Å². The van der Waals surface area contributed by atoms with Crippen molar-refractivity contribution in [1.82, 2.24) is 9.80 Å². The van der Waals surface area contributed by atoms with Gasteiger partial charge in [-0.3, -0.25) is 9.69 Å². The Hall–Kier alpha value is -1.46. The van der Waals surface area contributed by atoms with Gasteiger partial charge in [-0.05, 0) is 32.4 Å². The minimum Gasteiger partial charge on any atom is -0.392 e. The third kappa shape index (κ3) is 3.60. The van der Waals surface area contributed by atoms with Gasteiger partial charge < -0.3 is 10.0 Å². The fraction of sp³-hybridized carbons (Fsp3) is 0.562. The van der Waals surface area contributed by atoms with Gasteiger partial charge in [0.25, 0.3) is 5.91 Å². The topological polar surface area (TPSA) is 43.8 Å². The first-order valence-electron chi connectivity index (χ1n) is 7.36. The van der Waals surface area contributed by atoms with Crippen LogP contribution in [0.4, 0.5) is 4.39 Å². The highest BCUT2D eigenvalue weighted by atomic mass is 19.1. The van der Waals surface area contributed by atoms with Crippen molar-refractivity contribution in [1.29, 1.82) is 0 Å². The molecule has 0 spiro atoms. The van der Waals surface area contributed by atoms with E-state index in [0.717, 1.165) is 0 Å². The van der Waals surface area contributed by atoms with Crippen LogP contribution in [0.5, 0.6) is 0 Å². The maximum atomic E-state index is 14.1. The molecule has 116 valence electrons. The molecule has 1 aliphatic heterocycles. The van der Waals surface area contributed by atoms with Crippen LogP contribution < -0.4 is 0 Å². The number of aliphatic hydroxyl groups excluding tert-OH is 1. The Morgan fingerprint density at radius 1 is 1.48 bits per heavy atom. The fourth-order valence-corrected chi connectivity index (χ4v) is 2.84. The quantitative estimate of drug-likeness (QED) is 0.922. The predicted octanol–water partition coefficient (Wildman–Crippen LogP) is 1.66. The number of piperazine rings is 1. The molecule has 1 aromatic rings. The first-order valence-corrected chi connectivity index (χ1v) is 7.36. The molecular weight excluding hydrogens is 271 g/mol. The Morgan fingerprint density at radius 3 is 2.81 bits per heavy atom. The summed E-state index contributed by atoms with van der Waals surface area (Å²) in [6, 6.07) is 4.92. The molecule has 1 amide bonds. The molecule has 1 N–H and O–H groups in total. The molecule has 21 heavy (non-hydrogen) atoms. The highest BCUT2D eigenvalue weighted by molar-refractivity contribution is 5.95. The van der Waals surface area contributed by atoms with Gasteiger partial charge in [-0.1, -0.05) is 12.1 Å². The molecule has 1 aliphatic rings. The molecule has 1 fully saturated rings. The number of hydrogen-bond donors (Lipinski definition) is 1. The van der Waals surface area contributed by atoms with Crippen LogP contribution in [0.15, 0.2) is 18.2 Å². The first kappa shape index (κ1) is 15.9. The maximum Gasteiger partial charge on any atom is 0.257 e. The summed E-state index contributed by atoms with van der Waals surface area (Å²) in [5.41, 5.74) is 0.632. The number of amides is 1. The summed E-state index contributed by atoms with van der Waals surface area (Å²) in [7, 11) is 0. The molecule has 2 rings (SSSR count). The Kier molecular flexibility index (Phi) is 4.96. The largest absolute Gasteiger partial charge is 0.392 e. The van der Waals surface area contributed by atoms with E-state index in [1.807, 2.05) is 6.92 Å². The second-order valence-electron chi connectivity index (χ2n) is 5.89. The van der Waals surface area contributed by atoms with E-state index >= 15 is 0 Å². The zero-order chi connectivity index (χ0) is 15.6. The van der Waals surface area contributed by atoms with Gasteiger partial charge in [0, 0.05) is 32.2 Å². The Labute approximate surface area is 125 Å². The predicted molar refractivity (Wildman–Crippen MR) is 79.8 cm³/mol. The first-order chi connectivity index (χ1) is 9.90. The van der Waals surface area contributed by atoms with Crippen molar-refractivity contribution in [3.05, 3.63) is 35.1 Å². The number of carbonyl (C=O) groups excluding carboxylic acids is 1. The van der Waals surface area contributed by atoms with E-state index in [1.165, 1.54) is 0 Å². The summed E-state index contributed by atoms with van der Waals surface area (Å²) < 4.78 is 14.1. The van der Waals surface area contributed by atoms with Gasteiger partial charge in [0.05, 0.1) is 11.7 Å². The molecule has 2 atom stereocenters. The highest BCUT2D eigenvalue weighted by Crippen LogP contribution is 2.18. The van der Waals surface area contributed by atoms with Crippen LogP contribution in [0.1, 0.15) is 29.8 Å². The van der Waals surface area contributed by atoms with Crippen LogP contribution in [0.25, 0.3) is 0 Å². The Morgan fingerprint density at radius 2 is 2.19 bits per heavy atom. The normalized spacial score (nSPS) is 21.4. The van der Waals surface area contributed by atoms with E-state index in [9.17, 15) is 14.3 Å². The van der Waals surface area contributed by atoms with Gasteiger partial charge >= 0.3 is 0 Å². The van der Waals surface area contributed by atoms with E-state index in [1.54, 1.807) is 36.9 Å². The smallest absolute Gasteiger partial charge is 0.257 e. The van der Waals surface area contributed by atoms with E-state index < -0.39 is 5.82 Å². The number of hydrogen-bond acceptors (Lipinski definition) is 3. The second-order valence-corrected chi connectivity index (χ2v) is 5.89. The van der Waals surface area contributed by atoms with Crippen molar-refractivity contribution in [2.75, 3.05) is 26.2 Å². The number of aryl methyl sites for hydroxylation is 1. The van der Waals surface area contributed by atoms with E-state index in [2.05, 4.69) is 4.90 Å². The fourth-order valence-electron chi connectivity index (χ4n) is 2.84. The third-order valence-electron chi connectivity index (χ3n) is 3.92. The van der Waals surface area contributed by atoms with Crippen molar-refractivity contribution in [2.45, 2.75) is 32.9 Å². The summed E-state index contributed by atoms with van der Waals surface area (Å²) in [6.45, 7) is 7.93. The molecule has 4 nitrogen and oxygen atoms in total. The lowest BCUT2D eigenvalue weighted by atomic mass is 10.1. The molecular formula is C16H23FN2O2. The van der Waals surface area contributed by atoms with Crippen LogP contribution in [0.2, 0.25) is 0 Å². The van der Waals surface area contributed by atoms with Gasteiger partial charge in [-0.25, -0.2) is 4.39 Å². The molecule has 0 unspecified atom stereocenters. The number of β-amino-alcohol motifs (C(OH)–C–C–N with tert-alkyl or cyclic N) is 1. The summed E-state index contributed by atoms with van der Waals surface area (Å²) in [4.78, 5) is 16.4. The Bertz CT molecular complexity index is 519. The van der Waals surface area contributed by atoms with Crippen molar-refractivity contribution in [3.63, 3.8) is 0 Å². The van der Waals surface area contributed by atoms with Gasteiger partial charge in [-0.15, -0.1) is 0 Å². The molecule has 0 saturated carbocycles. The average Bonchev–Trinajstić information content (AvgIpc) is 2.40. The number of benzene rings is 1. The van der Waals surface area contributed by atoms with E-state index in [0.29, 0.717) is 31.7 Å². The monoisotopic (exact) mass is 294 g/mol. The average molecular weight is 294 g/mol. The molecule has 1 saturated heterocycles.